The minimum Gasteiger partial charge on any atom is -0.0588 e. The van der Waals surface area contributed by atoms with Gasteiger partial charge in [0.05, 0.1) is 0 Å². The Balaban J connectivity index is 3.38. The fraction of sp³-hybridized carbons (Fsp3) is 0.571. The fourth-order valence-corrected chi connectivity index (χ4v) is 2.13. The highest BCUT2D eigenvalue weighted by atomic mass is 14.2. The molecule has 0 unspecified atom stereocenters. The van der Waals surface area contributed by atoms with E-state index < -0.39 is 0 Å². The van der Waals surface area contributed by atoms with E-state index in [-0.39, 0.29) is 0 Å². The molecule has 0 heterocycles. The van der Waals surface area contributed by atoms with Crippen molar-refractivity contribution in [3.63, 3.8) is 0 Å². The normalized spacial score (nSPS) is 11.4. The Labute approximate surface area is 88.4 Å². The van der Waals surface area contributed by atoms with E-state index in [1.165, 1.54) is 16.7 Å². The quantitative estimate of drug-likeness (QED) is 0.641. The average molecular weight is 190 g/mol. The molecule has 0 amide bonds. The highest BCUT2D eigenvalue weighted by Gasteiger charge is 2.13. The van der Waals surface area contributed by atoms with Crippen molar-refractivity contribution in [1.29, 1.82) is 0 Å². The number of aryl methyl sites for hydroxylation is 1. The third-order valence-electron chi connectivity index (χ3n) is 3.02. The number of benzene rings is 1. The third kappa shape index (κ3) is 2.00. The zero-order chi connectivity index (χ0) is 10.9. The van der Waals surface area contributed by atoms with Crippen LogP contribution in [0.2, 0.25) is 0 Å². The Kier molecular flexibility index (Phi) is 3.36. The zero-order valence-electron chi connectivity index (χ0n) is 10.3. The molecule has 0 N–H and O–H groups in total. The van der Waals surface area contributed by atoms with Gasteiger partial charge in [0.1, 0.15) is 0 Å². The van der Waals surface area contributed by atoms with Crippen LogP contribution in [-0.4, -0.2) is 0 Å². The Hall–Kier alpha value is -0.780. The molecule has 0 heteroatoms. The molecule has 0 aliphatic rings. The van der Waals surface area contributed by atoms with Gasteiger partial charge in [-0.25, -0.2) is 0 Å². The summed E-state index contributed by atoms with van der Waals surface area (Å²) in [4.78, 5) is 0. The Morgan fingerprint density at radius 3 is 1.86 bits per heavy atom. The van der Waals surface area contributed by atoms with Crippen LogP contribution >= 0.6 is 0 Å². The summed E-state index contributed by atoms with van der Waals surface area (Å²) in [5.74, 6) is 1.26. The van der Waals surface area contributed by atoms with Crippen molar-refractivity contribution in [3.8, 4) is 0 Å². The van der Waals surface area contributed by atoms with E-state index in [4.69, 9.17) is 0 Å². The highest BCUT2D eigenvalue weighted by molar-refractivity contribution is 5.43. The standard InChI is InChI=1S/C14H22/c1-9(2)13-8-7-11(5)12(6)14(13)10(3)4/h7-10H,1-6H3. The number of hydrogen-bond donors (Lipinski definition) is 0. The van der Waals surface area contributed by atoms with Crippen LogP contribution in [0.1, 0.15) is 61.8 Å². The van der Waals surface area contributed by atoms with Crippen LogP contribution in [0.5, 0.6) is 0 Å². The minimum atomic E-state index is 0.631. The fourth-order valence-electron chi connectivity index (χ4n) is 2.13. The summed E-state index contributed by atoms with van der Waals surface area (Å²) < 4.78 is 0. The smallest absolute Gasteiger partial charge is 0.0213 e. The maximum atomic E-state index is 2.29. The van der Waals surface area contributed by atoms with E-state index in [0.717, 1.165) is 0 Å². The van der Waals surface area contributed by atoms with Crippen LogP contribution in [-0.2, 0) is 0 Å². The molecule has 0 aromatic heterocycles. The first-order valence-corrected chi connectivity index (χ1v) is 5.55. The topological polar surface area (TPSA) is 0 Å². The summed E-state index contributed by atoms with van der Waals surface area (Å²) in [5.41, 5.74) is 5.97. The molecule has 0 aliphatic heterocycles. The van der Waals surface area contributed by atoms with Crippen molar-refractivity contribution >= 4 is 0 Å². The van der Waals surface area contributed by atoms with E-state index in [9.17, 15) is 0 Å². The summed E-state index contributed by atoms with van der Waals surface area (Å²) in [6.07, 6.45) is 0. The molecule has 0 nitrogen and oxygen atoms in total. The van der Waals surface area contributed by atoms with Crippen molar-refractivity contribution in [3.05, 3.63) is 34.4 Å². The second kappa shape index (κ2) is 4.16. The molecule has 78 valence electrons. The van der Waals surface area contributed by atoms with Gasteiger partial charge in [0.2, 0.25) is 0 Å². The lowest BCUT2D eigenvalue weighted by atomic mass is 9.85. The van der Waals surface area contributed by atoms with Crippen LogP contribution in [0.3, 0.4) is 0 Å². The van der Waals surface area contributed by atoms with Crippen LogP contribution in [0, 0.1) is 13.8 Å². The van der Waals surface area contributed by atoms with Crippen molar-refractivity contribution in [1.82, 2.24) is 0 Å². The second-order valence-corrected chi connectivity index (χ2v) is 4.82. The molecule has 14 heavy (non-hydrogen) atoms. The van der Waals surface area contributed by atoms with Crippen LogP contribution < -0.4 is 0 Å². The Morgan fingerprint density at radius 1 is 0.857 bits per heavy atom. The molecule has 0 radical (unpaired) electrons. The molecule has 0 saturated carbocycles. The highest BCUT2D eigenvalue weighted by Crippen LogP contribution is 2.30. The molecule has 1 aromatic rings. The second-order valence-electron chi connectivity index (χ2n) is 4.82. The monoisotopic (exact) mass is 190 g/mol. The molecule has 0 spiro atoms. The largest absolute Gasteiger partial charge is 0.0588 e. The lowest BCUT2D eigenvalue weighted by molar-refractivity contribution is 0.781. The van der Waals surface area contributed by atoms with Gasteiger partial charge in [0, 0.05) is 0 Å². The molecular weight excluding hydrogens is 168 g/mol. The van der Waals surface area contributed by atoms with Gasteiger partial charge in [-0.15, -0.1) is 0 Å². The van der Waals surface area contributed by atoms with Crippen LogP contribution in [0.4, 0.5) is 0 Å². The Morgan fingerprint density at radius 2 is 1.43 bits per heavy atom. The van der Waals surface area contributed by atoms with Crippen molar-refractivity contribution < 1.29 is 0 Å². The number of hydrogen-bond acceptors (Lipinski definition) is 0. The van der Waals surface area contributed by atoms with E-state index in [1.807, 2.05) is 0 Å². The zero-order valence-corrected chi connectivity index (χ0v) is 10.3. The van der Waals surface area contributed by atoms with E-state index in [1.54, 1.807) is 5.56 Å². The summed E-state index contributed by atoms with van der Waals surface area (Å²) in [5, 5.41) is 0. The van der Waals surface area contributed by atoms with Gasteiger partial charge in [-0.2, -0.15) is 0 Å². The summed E-state index contributed by atoms with van der Waals surface area (Å²) in [6.45, 7) is 13.6. The maximum absolute atomic E-state index is 2.29. The predicted octanol–water partition coefficient (Wildman–Crippen LogP) is 4.55. The van der Waals surface area contributed by atoms with E-state index >= 15 is 0 Å². The average Bonchev–Trinajstić information content (AvgIpc) is 2.08. The first kappa shape index (κ1) is 11.3. The first-order chi connectivity index (χ1) is 6.45. The maximum Gasteiger partial charge on any atom is -0.0213 e. The van der Waals surface area contributed by atoms with Gasteiger partial charge in [0.15, 0.2) is 0 Å². The van der Waals surface area contributed by atoms with Gasteiger partial charge in [-0.05, 0) is 47.9 Å². The van der Waals surface area contributed by atoms with Crippen molar-refractivity contribution in [2.75, 3.05) is 0 Å². The molecule has 0 fully saturated rings. The summed E-state index contributed by atoms with van der Waals surface area (Å²) in [7, 11) is 0. The lowest BCUT2D eigenvalue weighted by Gasteiger charge is -2.20. The van der Waals surface area contributed by atoms with E-state index in [0.29, 0.717) is 11.8 Å². The minimum absolute atomic E-state index is 0.631. The molecule has 0 atom stereocenters. The van der Waals surface area contributed by atoms with Crippen LogP contribution in [0.15, 0.2) is 12.1 Å². The van der Waals surface area contributed by atoms with Crippen molar-refractivity contribution in [2.24, 2.45) is 0 Å². The van der Waals surface area contributed by atoms with Gasteiger partial charge < -0.3 is 0 Å². The molecule has 0 bridgehead atoms. The van der Waals surface area contributed by atoms with Gasteiger partial charge in [0.25, 0.3) is 0 Å². The van der Waals surface area contributed by atoms with E-state index in [2.05, 4.69) is 53.7 Å². The molecular formula is C14H22. The third-order valence-corrected chi connectivity index (χ3v) is 3.02. The molecule has 1 aromatic carbocycles. The van der Waals surface area contributed by atoms with Gasteiger partial charge in [-0.3, -0.25) is 0 Å². The summed E-state index contributed by atoms with van der Waals surface area (Å²) >= 11 is 0. The van der Waals surface area contributed by atoms with Gasteiger partial charge in [-0.1, -0.05) is 39.8 Å². The first-order valence-electron chi connectivity index (χ1n) is 5.55. The van der Waals surface area contributed by atoms with Crippen LogP contribution in [0.25, 0.3) is 0 Å². The molecule has 0 aliphatic carbocycles. The molecule has 0 saturated heterocycles. The lowest BCUT2D eigenvalue weighted by Crippen LogP contribution is -2.02. The van der Waals surface area contributed by atoms with Gasteiger partial charge >= 0.3 is 0 Å². The van der Waals surface area contributed by atoms with Crippen molar-refractivity contribution in [2.45, 2.75) is 53.4 Å². The SMILES string of the molecule is Cc1ccc(C(C)C)c(C(C)C)c1C. The summed E-state index contributed by atoms with van der Waals surface area (Å²) in [6, 6.07) is 4.54. The number of rotatable bonds is 2. The predicted molar refractivity (Wildman–Crippen MR) is 64.1 cm³/mol. The Bertz CT molecular complexity index is 319. The molecule has 1 rings (SSSR count).